The number of carbonyl (C=O) groups is 2. The summed E-state index contributed by atoms with van der Waals surface area (Å²) in [7, 11) is 0. The molecule has 0 saturated heterocycles. The van der Waals surface area contributed by atoms with E-state index < -0.39 is 0 Å². The fourth-order valence-corrected chi connectivity index (χ4v) is 2.44. The predicted molar refractivity (Wildman–Crippen MR) is 74.1 cm³/mol. The van der Waals surface area contributed by atoms with E-state index in [0.29, 0.717) is 24.4 Å². The first-order valence-corrected chi connectivity index (χ1v) is 7.09. The average molecular weight is 276 g/mol. The molecule has 0 spiro atoms. The Bertz CT molecular complexity index is 442. The number of hydrogen-bond donors (Lipinski definition) is 1. The van der Waals surface area contributed by atoms with Crippen molar-refractivity contribution in [2.45, 2.75) is 32.1 Å². The minimum Gasteiger partial charge on any atom is -0.464 e. The number of carbonyl (C=O) groups excluding carboxylic acids is 2. The normalized spacial score (nSPS) is 15.0. The summed E-state index contributed by atoms with van der Waals surface area (Å²) in [6.45, 7) is 0.555. The van der Waals surface area contributed by atoms with Gasteiger partial charge in [0.1, 0.15) is 6.61 Å². The Kier molecular flexibility index (Phi) is 5.53. The molecule has 0 bridgehead atoms. The summed E-state index contributed by atoms with van der Waals surface area (Å²) >= 11 is 0. The van der Waals surface area contributed by atoms with Crippen LogP contribution in [0.15, 0.2) is 24.5 Å². The molecule has 1 aromatic heterocycles. The fourth-order valence-electron chi connectivity index (χ4n) is 2.44. The first-order valence-electron chi connectivity index (χ1n) is 7.09. The van der Waals surface area contributed by atoms with E-state index in [9.17, 15) is 9.59 Å². The Balaban J connectivity index is 1.59. The van der Waals surface area contributed by atoms with E-state index in [-0.39, 0.29) is 18.5 Å². The maximum Gasteiger partial charge on any atom is 0.306 e. The van der Waals surface area contributed by atoms with Crippen molar-refractivity contribution in [1.82, 2.24) is 10.3 Å². The van der Waals surface area contributed by atoms with Crippen LogP contribution in [0.1, 0.15) is 42.5 Å². The molecular formula is C15H20N2O3. The number of ether oxygens (including phenoxy) is 1. The topological polar surface area (TPSA) is 68.3 Å². The zero-order chi connectivity index (χ0) is 14.2. The number of pyridine rings is 1. The fraction of sp³-hybridized carbons (Fsp3) is 0.533. The van der Waals surface area contributed by atoms with Gasteiger partial charge in [-0.3, -0.25) is 14.6 Å². The van der Waals surface area contributed by atoms with Crippen LogP contribution in [-0.4, -0.2) is 30.0 Å². The van der Waals surface area contributed by atoms with E-state index in [4.69, 9.17) is 4.74 Å². The van der Waals surface area contributed by atoms with Crippen LogP contribution >= 0.6 is 0 Å². The van der Waals surface area contributed by atoms with E-state index in [1.807, 2.05) is 0 Å². The third-order valence-corrected chi connectivity index (χ3v) is 3.52. The van der Waals surface area contributed by atoms with E-state index >= 15 is 0 Å². The van der Waals surface area contributed by atoms with Gasteiger partial charge in [-0.2, -0.15) is 0 Å². The van der Waals surface area contributed by atoms with Gasteiger partial charge < -0.3 is 10.1 Å². The standard InChI is InChI=1S/C15H20N2O3/c18-14(11-12-3-1-2-4-12)20-10-9-17-15(19)13-5-7-16-8-6-13/h5-8,12H,1-4,9-11H2,(H,17,19). The van der Waals surface area contributed by atoms with Crippen LogP contribution in [0.3, 0.4) is 0 Å². The van der Waals surface area contributed by atoms with Crippen LogP contribution in [0.25, 0.3) is 0 Å². The van der Waals surface area contributed by atoms with Crippen molar-refractivity contribution in [3.63, 3.8) is 0 Å². The lowest BCUT2D eigenvalue weighted by Gasteiger charge is -2.09. The molecule has 1 fully saturated rings. The zero-order valence-electron chi connectivity index (χ0n) is 11.5. The van der Waals surface area contributed by atoms with Crippen LogP contribution in [-0.2, 0) is 9.53 Å². The molecule has 1 amide bonds. The highest BCUT2D eigenvalue weighted by Gasteiger charge is 2.19. The van der Waals surface area contributed by atoms with E-state index in [1.54, 1.807) is 24.5 Å². The van der Waals surface area contributed by atoms with Crippen LogP contribution < -0.4 is 5.32 Å². The van der Waals surface area contributed by atoms with Gasteiger partial charge in [0.2, 0.25) is 0 Å². The molecule has 20 heavy (non-hydrogen) atoms. The van der Waals surface area contributed by atoms with Crippen molar-refractivity contribution in [2.24, 2.45) is 5.92 Å². The summed E-state index contributed by atoms with van der Waals surface area (Å²) in [5.41, 5.74) is 0.553. The van der Waals surface area contributed by atoms with Crippen molar-refractivity contribution in [3.05, 3.63) is 30.1 Å². The van der Waals surface area contributed by atoms with Crippen LogP contribution in [0, 0.1) is 5.92 Å². The minimum absolute atomic E-state index is 0.157. The second-order valence-corrected chi connectivity index (χ2v) is 5.07. The SMILES string of the molecule is O=C(CC1CCCC1)OCCNC(=O)c1ccncc1. The van der Waals surface area contributed by atoms with Gasteiger partial charge in [-0.25, -0.2) is 0 Å². The summed E-state index contributed by atoms with van der Waals surface area (Å²) in [5.74, 6) is 0.156. The van der Waals surface area contributed by atoms with Gasteiger partial charge in [0, 0.05) is 24.4 Å². The summed E-state index contributed by atoms with van der Waals surface area (Å²) in [6, 6.07) is 3.28. The minimum atomic E-state index is -0.181. The van der Waals surface area contributed by atoms with Gasteiger partial charge >= 0.3 is 5.97 Å². The van der Waals surface area contributed by atoms with Crippen LogP contribution in [0.4, 0.5) is 0 Å². The number of rotatable bonds is 6. The van der Waals surface area contributed by atoms with E-state index in [2.05, 4.69) is 10.3 Å². The summed E-state index contributed by atoms with van der Waals surface area (Å²) in [6.07, 6.45) is 8.35. The van der Waals surface area contributed by atoms with Gasteiger partial charge in [-0.05, 0) is 30.9 Å². The molecule has 2 rings (SSSR count). The third-order valence-electron chi connectivity index (χ3n) is 3.52. The molecule has 5 heteroatoms. The molecule has 0 aliphatic heterocycles. The molecule has 5 nitrogen and oxygen atoms in total. The van der Waals surface area contributed by atoms with Gasteiger partial charge in [0.15, 0.2) is 0 Å². The van der Waals surface area contributed by atoms with Crippen LogP contribution in [0.5, 0.6) is 0 Å². The number of aromatic nitrogens is 1. The van der Waals surface area contributed by atoms with Crippen molar-refractivity contribution in [3.8, 4) is 0 Å². The van der Waals surface area contributed by atoms with Crippen molar-refractivity contribution >= 4 is 11.9 Å². The second kappa shape index (κ2) is 7.62. The maximum atomic E-state index is 11.7. The highest BCUT2D eigenvalue weighted by molar-refractivity contribution is 5.93. The molecule has 0 aromatic carbocycles. The zero-order valence-corrected chi connectivity index (χ0v) is 11.5. The lowest BCUT2D eigenvalue weighted by molar-refractivity contribution is -0.144. The molecular weight excluding hydrogens is 256 g/mol. The van der Waals surface area contributed by atoms with E-state index in [0.717, 1.165) is 12.8 Å². The number of hydrogen-bond acceptors (Lipinski definition) is 4. The molecule has 0 unspecified atom stereocenters. The average Bonchev–Trinajstić information content (AvgIpc) is 2.97. The third kappa shape index (κ3) is 4.64. The first kappa shape index (κ1) is 14.5. The Morgan fingerprint density at radius 3 is 2.65 bits per heavy atom. The monoisotopic (exact) mass is 276 g/mol. The van der Waals surface area contributed by atoms with Crippen molar-refractivity contribution in [2.75, 3.05) is 13.2 Å². The molecule has 1 aromatic rings. The Morgan fingerprint density at radius 1 is 1.25 bits per heavy atom. The Hall–Kier alpha value is -1.91. The molecule has 1 N–H and O–H groups in total. The molecule has 1 heterocycles. The van der Waals surface area contributed by atoms with Crippen LogP contribution in [0.2, 0.25) is 0 Å². The summed E-state index contributed by atoms with van der Waals surface area (Å²) in [5, 5.41) is 2.70. The van der Waals surface area contributed by atoms with Crippen molar-refractivity contribution in [1.29, 1.82) is 0 Å². The number of nitrogens with one attached hydrogen (secondary N) is 1. The van der Waals surface area contributed by atoms with Crippen molar-refractivity contribution < 1.29 is 14.3 Å². The summed E-state index contributed by atoms with van der Waals surface area (Å²) in [4.78, 5) is 27.1. The highest BCUT2D eigenvalue weighted by atomic mass is 16.5. The molecule has 0 atom stereocenters. The molecule has 1 aliphatic carbocycles. The number of amides is 1. The number of nitrogens with zero attached hydrogens (tertiary/aromatic N) is 1. The molecule has 108 valence electrons. The largest absolute Gasteiger partial charge is 0.464 e. The smallest absolute Gasteiger partial charge is 0.306 e. The molecule has 1 aliphatic rings. The summed E-state index contributed by atoms with van der Waals surface area (Å²) < 4.78 is 5.12. The first-order chi connectivity index (χ1) is 9.75. The van der Waals surface area contributed by atoms with Gasteiger partial charge in [-0.1, -0.05) is 12.8 Å². The predicted octanol–water partition coefficient (Wildman–Crippen LogP) is 1.93. The van der Waals surface area contributed by atoms with Gasteiger partial charge in [-0.15, -0.1) is 0 Å². The Labute approximate surface area is 118 Å². The number of esters is 1. The second-order valence-electron chi connectivity index (χ2n) is 5.07. The Morgan fingerprint density at radius 2 is 1.95 bits per heavy atom. The lowest BCUT2D eigenvalue weighted by atomic mass is 10.1. The molecule has 0 radical (unpaired) electrons. The highest BCUT2D eigenvalue weighted by Crippen LogP contribution is 2.27. The van der Waals surface area contributed by atoms with Gasteiger partial charge in [0.25, 0.3) is 5.91 Å². The van der Waals surface area contributed by atoms with E-state index in [1.165, 1.54) is 12.8 Å². The van der Waals surface area contributed by atoms with Gasteiger partial charge in [0.05, 0.1) is 6.54 Å². The lowest BCUT2D eigenvalue weighted by Crippen LogP contribution is -2.28. The quantitative estimate of drug-likeness (QED) is 0.637. The maximum absolute atomic E-state index is 11.7. The molecule has 1 saturated carbocycles.